The Morgan fingerprint density at radius 2 is 2.38 bits per heavy atom. The molecule has 70 valence electrons. The van der Waals surface area contributed by atoms with Gasteiger partial charge in [0.25, 0.3) is 0 Å². The lowest BCUT2D eigenvalue weighted by Crippen LogP contribution is -2.34. The molecule has 0 aliphatic carbocycles. The number of carbonyl (C=O) groups is 1. The predicted octanol–water partition coefficient (Wildman–Crippen LogP) is -0.761. The van der Waals surface area contributed by atoms with Crippen molar-refractivity contribution in [2.75, 3.05) is 6.54 Å². The van der Waals surface area contributed by atoms with Crippen LogP contribution in [0.4, 0.5) is 0 Å². The van der Waals surface area contributed by atoms with Crippen molar-refractivity contribution in [3.05, 3.63) is 21.7 Å². The Kier molecular flexibility index (Phi) is 1.70. The summed E-state index contributed by atoms with van der Waals surface area (Å²) in [5, 5.41) is 14.0. The fourth-order valence-corrected chi connectivity index (χ4v) is 1.44. The Bertz CT molecular complexity index is 391. The molecule has 0 fully saturated rings. The highest BCUT2D eigenvalue weighted by molar-refractivity contribution is 5.76. The van der Waals surface area contributed by atoms with E-state index in [4.69, 9.17) is 5.11 Å². The fourth-order valence-electron chi connectivity index (χ4n) is 1.44. The van der Waals surface area contributed by atoms with Crippen LogP contribution in [0.3, 0.4) is 0 Å². The maximum absolute atomic E-state index is 11.0. The third-order valence-corrected chi connectivity index (χ3v) is 2.12. The van der Waals surface area contributed by atoms with Crippen molar-refractivity contribution in [3.8, 4) is 0 Å². The van der Waals surface area contributed by atoms with Crippen LogP contribution in [0.25, 0.3) is 0 Å². The minimum Gasteiger partial charge on any atom is -0.481 e. The maximum atomic E-state index is 11.0. The molecule has 0 aromatic carbocycles. The number of hydrogen-bond donors (Lipinski definition) is 3. The van der Waals surface area contributed by atoms with E-state index in [2.05, 4.69) is 15.0 Å². The SMILES string of the molecule is O=C(O)C1CNCc2c1[nH]oc2=O. The van der Waals surface area contributed by atoms with E-state index >= 15 is 0 Å². The number of carboxylic acids is 1. The number of aromatic nitrogens is 1. The van der Waals surface area contributed by atoms with Gasteiger partial charge in [0, 0.05) is 13.1 Å². The molecule has 6 heteroatoms. The molecule has 1 aliphatic heterocycles. The van der Waals surface area contributed by atoms with Crippen LogP contribution in [0.1, 0.15) is 17.2 Å². The van der Waals surface area contributed by atoms with Gasteiger partial charge in [0.1, 0.15) is 5.92 Å². The monoisotopic (exact) mass is 184 g/mol. The molecule has 1 aliphatic rings. The summed E-state index contributed by atoms with van der Waals surface area (Å²) in [6.45, 7) is 0.683. The Labute approximate surface area is 72.5 Å². The molecule has 1 atom stereocenters. The minimum absolute atomic E-state index is 0.317. The van der Waals surface area contributed by atoms with Crippen molar-refractivity contribution in [3.63, 3.8) is 0 Å². The zero-order valence-corrected chi connectivity index (χ0v) is 6.66. The summed E-state index contributed by atoms with van der Waals surface area (Å²) < 4.78 is 4.51. The van der Waals surface area contributed by atoms with Crippen molar-refractivity contribution in [1.82, 2.24) is 10.5 Å². The molecule has 0 saturated heterocycles. The summed E-state index contributed by atoms with van der Waals surface area (Å²) in [5.74, 6) is -1.68. The standard InChI is InChI=1S/C7H8N2O4/c10-6(11)3-1-8-2-4-5(3)9-13-7(4)12/h3,8-9H,1-2H2,(H,10,11). The smallest absolute Gasteiger partial charge is 0.361 e. The number of H-pyrrole nitrogens is 1. The maximum Gasteiger partial charge on any atom is 0.361 e. The predicted molar refractivity (Wildman–Crippen MR) is 41.4 cm³/mol. The molecule has 0 radical (unpaired) electrons. The number of hydrogen-bond acceptors (Lipinski definition) is 4. The molecule has 6 nitrogen and oxygen atoms in total. The van der Waals surface area contributed by atoms with Crippen LogP contribution in [0.2, 0.25) is 0 Å². The van der Waals surface area contributed by atoms with Crippen LogP contribution in [0.15, 0.2) is 9.32 Å². The summed E-state index contributed by atoms with van der Waals surface area (Å²) >= 11 is 0. The molecule has 2 heterocycles. The number of rotatable bonds is 1. The van der Waals surface area contributed by atoms with Gasteiger partial charge < -0.3 is 14.9 Å². The molecule has 1 unspecified atom stereocenters. The van der Waals surface area contributed by atoms with Crippen molar-refractivity contribution in [1.29, 1.82) is 0 Å². The number of aliphatic carboxylic acids is 1. The Morgan fingerprint density at radius 1 is 1.62 bits per heavy atom. The summed E-state index contributed by atoms with van der Waals surface area (Å²) in [6, 6.07) is 0. The van der Waals surface area contributed by atoms with Gasteiger partial charge in [-0.2, -0.15) is 0 Å². The van der Waals surface area contributed by atoms with Crippen molar-refractivity contribution in [2.24, 2.45) is 0 Å². The third kappa shape index (κ3) is 1.15. The van der Waals surface area contributed by atoms with Crippen LogP contribution in [-0.2, 0) is 11.3 Å². The Morgan fingerprint density at radius 3 is 3.08 bits per heavy atom. The van der Waals surface area contributed by atoms with Gasteiger partial charge >= 0.3 is 11.6 Å². The van der Waals surface area contributed by atoms with E-state index in [-0.39, 0.29) is 0 Å². The normalized spacial score (nSPS) is 21.1. The van der Waals surface area contributed by atoms with E-state index in [1.807, 2.05) is 0 Å². The Hall–Kier alpha value is -1.56. The van der Waals surface area contributed by atoms with E-state index in [9.17, 15) is 9.59 Å². The molecule has 3 N–H and O–H groups in total. The van der Waals surface area contributed by atoms with Crippen molar-refractivity contribution in [2.45, 2.75) is 12.5 Å². The second-order valence-electron chi connectivity index (χ2n) is 2.91. The molecule has 0 amide bonds. The molecular weight excluding hydrogens is 176 g/mol. The van der Waals surface area contributed by atoms with Gasteiger partial charge in [-0.05, 0) is 0 Å². The van der Waals surface area contributed by atoms with Gasteiger partial charge in [-0.1, -0.05) is 0 Å². The third-order valence-electron chi connectivity index (χ3n) is 2.12. The van der Waals surface area contributed by atoms with Gasteiger partial charge in [-0.3, -0.25) is 4.79 Å². The summed E-state index contributed by atoms with van der Waals surface area (Å²) in [5.41, 5.74) is 0.281. The summed E-state index contributed by atoms with van der Waals surface area (Å²) in [6.07, 6.45) is 0. The van der Waals surface area contributed by atoms with Crippen molar-refractivity contribution < 1.29 is 14.4 Å². The Balaban J connectivity index is 2.49. The van der Waals surface area contributed by atoms with E-state index < -0.39 is 17.5 Å². The van der Waals surface area contributed by atoms with Crippen LogP contribution in [-0.4, -0.2) is 22.8 Å². The average Bonchev–Trinajstić information content (AvgIpc) is 2.48. The lowest BCUT2D eigenvalue weighted by atomic mass is 9.98. The first-order chi connectivity index (χ1) is 6.20. The number of aromatic amines is 1. The molecular formula is C7H8N2O4. The lowest BCUT2D eigenvalue weighted by Gasteiger charge is -2.17. The molecule has 13 heavy (non-hydrogen) atoms. The summed E-state index contributed by atoms with van der Waals surface area (Å²) in [4.78, 5) is 21.7. The zero-order valence-electron chi connectivity index (χ0n) is 6.66. The molecule has 2 rings (SSSR count). The van der Waals surface area contributed by atoms with Gasteiger partial charge in [0.2, 0.25) is 0 Å². The fraction of sp³-hybridized carbons (Fsp3) is 0.429. The molecule has 0 saturated carbocycles. The van der Waals surface area contributed by atoms with Crippen LogP contribution >= 0.6 is 0 Å². The van der Waals surface area contributed by atoms with Gasteiger partial charge in [0.15, 0.2) is 0 Å². The van der Waals surface area contributed by atoms with Crippen LogP contribution in [0.5, 0.6) is 0 Å². The molecule has 1 aromatic heterocycles. The molecule has 0 spiro atoms. The van der Waals surface area contributed by atoms with E-state index in [1.54, 1.807) is 0 Å². The van der Waals surface area contributed by atoms with E-state index in [0.717, 1.165) is 0 Å². The van der Waals surface area contributed by atoms with Gasteiger partial charge in [-0.25, -0.2) is 9.95 Å². The highest BCUT2D eigenvalue weighted by Gasteiger charge is 2.30. The van der Waals surface area contributed by atoms with E-state index in [0.29, 0.717) is 24.3 Å². The summed E-state index contributed by atoms with van der Waals surface area (Å²) in [7, 11) is 0. The van der Waals surface area contributed by atoms with Gasteiger partial charge in [0.05, 0.1) is 11.3 Å². The number of nitrogens with one attached hydrogen (secondary N) is 2. The van der Waals surface area contributed by atoms with Crippen molar-refractivity contribution >= 4 is 5.97 Å². The highest BCUT2D eigenvalue weighted by atomic mass is 16.5. The topological polar surface area (TPSA) is 95.3 Å². The first kappa shape index (κ1) is 8.06. The first-order valence-electron chi connectivity index (χ1n) is 3.84. The molecule has 1 aromatic rings. The zero-order chi connectivity index (χ0) is 9.42. The average molecular weight is 184 g/mol. The lowest BCUT2D eigenvalue weighted by molar-refractivity contribution is -0.139. The highest BCUT2D eigenvalue weighted by Crippen LogP contribution is 2.19. The minimum atomic E-state index is -0.967. The van der Waals surface area contributed by atoms with Crippen LogP contribution in [0, 0.1) is 0 Å². The number of carboxylic acid groups (broad SMARTS) is 1. The first-order valence-corrected chi connectivity index (χ1v) is 3.84. The van der Waals surface area contributed by atoms with Crippen LogP contribution < -0.4 is 10.9 Å². The molecule has 0 bridgehead atoms. The largest absolute Gasteiger partial charge is 0.481 e. The van der Waals surface area contributed by atoms with Gasteiger partial charge in [-0.15, -0.1) is 0 Å². The second kappa shape index (κ2) is 2.74. The van der Waals surface area contributed by atoms with E-state index in [1.165, 1.54) is 0 Å². The number of fused-ring (bicyclic) bond motifs is 1. The second-order valence-corrected chi connectivity index (χ2v) is 2.91. The quantitative estimate of drug-likeness (QED) is 0.533.